The third kappa shape index (κ3) is 2.16. The predicted molar refractivity (Wildman–Crippen MR) is 66.1 cm³/mol. The zero-order valence-corrected chi connectivity index (χ0v) is 10.5. The Morgan fingerprint density at radius 1 is 1.41 bits per heavy atom. The van der Waals surface area contributed by atoms with E-state index >= 15 is 0 Å². The highest BCUT2D eigenvalue weighted by molar-refractivity contribution is 5.97. The number of hydrogen-bond acceptors (Lipinski definition) is 2. The molecule has 0 radical (unpaired) electrons. The molecule has 0 atom stereocenters. The number of aromatic nitrogens is 3. The van der Waals surface area contributed by atoms with Crippen molar-refractivity contribution in [2.24, 2.45) is 0 Å². The molecule has 4 nitrogen and oxygen atoms in total. The van der Waals surface area contributed by atoms with Gasteiger partial charge in [0.15, 0.2) is 5.78 Å². The van der Waals surface area contributed by atoms with Gasteiger partial charge in [-0.05, 0) is 32.9 Å². The summed E-state index contributed by atoms with van der Waals surface area (Å²) in [5.74, 6) is 0.113. The normalized spacial score (nSPS) is 10.8. The predicted octanol–water partition coefficient (Wildman–Crippen LogP) is 2.20. The molecule has 0 bridgehead atoms. The molecule has 0 saturated carbocycles. The quantitative estimate of drug-likeness (QED) is 0.757. The third-order valence-corrected chi connectivity index (χ3v) is 3.06. The largest absolute Gasteiger partial charge is 0.349 e. The summed E-state index contributed by atoms with van der Waals surface area (Å²) >= 11 is 0. The van der Waals surface area contributed by atoms with Crippen molar-refractivity contribution in [2.45, 2.75) is 33.9 Å². The van der Waals surface area contributed by atoms with Crippen LogP contribution in [0, 0.1) is 13.8 Å². The summed E-state index contributed by atoms with van der Waals surface area (Å²) < 4.78 is 3.80. The van der Waals surface area contributed by atoms with Crippen molar-refractivity contribution in [1.82, 2.24) is 14.3 Å². The fourth-order valence-corrected chi connectivity index (χ4v) is 2.20. The number of Topliss-reactive ketones (excluding diaryl/α,β-unsaturated/α-hetero) is 1. The van der Waals surface area contributed by atoms with Crippen LogP contribution < -0.4 is 0 Å². The van der Waals surface area contributed by atoms with Crippen LogP contribution in [-0.2, 0) is 13.1 Å². The first-order valence-corrected chi connectivity index (χ1v) is 5.80. The van der Waals surface area contributed by atoms with E-state index in [2.05, 4.69) is 16.6 Å². The Hall–Kier alpha value is -1.84. The van der Waals surface area contributed by atoms with Crippen LogP contribution in [-0.4, -0.2) is 20.1 Å². The van der Waals surface area contributed by atoms with Gasteiger partial charge in [0.1, 0.15) is 6.54 Å². The molecule has 2 heterocycles. The van der Waals surface area contributed by atoms with Gasteiger partial charge in [0.25, 0.3) is 0 Å². The van der Waals surface area contributed by atoms with Crippen LogP contribution in [0.25, 0.3) is 0 Å². The molecule has 4 heteroatoms. The molecule has 0 unspecified atom stereocenters. The molecule has 0 N–H and O–H groups in total. The lowest BCUT2D eigenvalue weighted by Gasteiger charge is -2.05. The lowest BCUT2D eigenvalue weighted by Crippen LogP contribution is -2.12. The molecule has 0 aromatic carbocycles. The minimum atomic E-state index is 0.113. The highest BCUT2D eigenvalue weighted by Crippen LogP contribution is 2.16. The summed E-state index contributed by atoms with van der Waals surface area (Å²) in [6.45, 7) is 7.31. The van der Waals surface area contributed by atoms with Crippen molar-refractivity contribution in [1.29, 1.82) is 0 Å². The summed E-state index contributed by atoms with van der Waals surface area (Å²) in [7, 11) is 0. The van der Waals surface area contributed by atoms with Gasteiger partial charge in [-0.1, -0.05) is 0 Å². The first-order valence-electron chi connectivity index (χ1n) is 5.80. The van der Waals surface area contributed by atoms with Gasteiger partial charge in [-0.25, -0.2) is 0 Å². The molecule has 0 fully saturated rings. The summed E-state index contributed by atoms with van der Waals surface area (Å²) in [4.78, 5) is 12.1. The summed E-state index contributed by atoms with van der Waals surface area (Å²) in [5.41, 5.74) is 2.98. The topological polar surface area (TPSA) is 39.8 Å². The molecular weight excluding hydrogens is 214 g/mol. The number of carbonyl (C=O) groups is 1. The Morgan fingerprint density at radius 3 is 2.71 bits per heavy atom. The minimum absolute atomic E-state index is 0.113. The van der Waals surface area contributed by atoms with Gasteiger partial charge < -0.3 is 4.57 Å². The molecule has 0 aliphatic heterocycles. The van der Waals surface area contributed by atoms with Crippen LogP contribution in [0.2, 0.25) is 0 Å². The van der Waals surface area contributed by atoms with E-state index in [9.17, 15) is 4.79 Å². The Morgan fingerprint density at radius 2 is 2.18 bits per heavy atom. The SMILES string of the molecule is CCn1c(C)cc(C(=O)Cn2cccn2)c1C. The van der Waals surface area contributed by atoms with Crippen LogP contribution in [0.4, 0.5) is 0 Å². The van der Waals surface area contributed by atoms with Crippen molar-refractivity contribution >= 4 is 5.78 Å². The van der Waals surface area contributed by atoms with Gasteiger partial charge in [0, 0.05) is 35.9 Å². The molecule has 0 spiro atoms. The summed E-state index contributed by atoms with van der Waals surface area (Å²) in [5, 5.41) is 4.05. The van der Waals surface area contributed by atoms with Crippen molar-refractivity contribution in [3.8, 4) is 0 Å². The lowest BCUT2D eigenvalue weighted by atomic mass is 10.1. The fraction of sp³-hybridized carbons (Fsp3) is 0.385. The van der Waals surface area contributed by atoms with E-state index in [1.165, 1.54) is 0 Å². The molecule has 0 aliphatic rings. The van der Waals surface area contributed by atoms with E-state index in [1.54, 1.807) is 17.1 Å². The van der Waals surface area contributed by atoms with Crippen molar-refractivity contribution in [3.63, 3.8) is 0 Å². The van der Waals surface area contributed by atoms with Crippen molar-refractivity contribution < 1.29 is 4.79 Å². The Bertz CT molecular complexity index is 523. The second kappa shape index (κ2) is 4.57. The molecule has 90 valence electrons. The molecule has 17 heavy (non-hydrogen) atoms. The average Bonchev–Trinajstić information content (AvgIpc) is 2.87. The van der Waals surface area contributed by atoms with E-state index in [4.69, 9.17) is 0 Å². The van der Waals surface area contributed by atoms with Gasteiger partial charge >= 0.3 is 0 Å². The number of hydrogen-bond donors (Lipinski definition) is 0. The molecule has 0 saturated heterocycles. The second-order valence-corrected chi connectivity index (χ2v) is 4.16. The Balaban J connectivity index is 2.25. The van der Waals surface area contributed by atoms with Crippen LogP contribution >= 0.6 is 0 Å². The van der Waals surface area contributed by atoms with Crippen LogP contribution in [0.5, 0.6) is 0 Å². The highest BCUT2D eigenvalue weighted by atomic mass is 16.1. The second-order valence-electron chi connectivity index (χ2n) is 4.16. The minimum Gasteiger partial charge on any atom is -0.349 e. The summed E-state index contributed by atoms with van der Waals surface area (Å²) in [6, 6.07) is 3.78. The third-order valence-electron chi connectivity index (χ3n) is 3.06. The average molecular weight is 231 g/mol. The molecule has 2 aromatic heterocycles. The van der Waals surface area contributed by atoms with E-state index in [-0.39, 0.29) is 5.78 Å². The number of aryl methyl sites for hydroxylation is 1. The number of nitrogens with zero attached hydrogens (tertiary/aromatic N) is 3. The Labute approximate surface area is 101 Å². The fourth-order valence-electron chi connectivity index (χ4n) is 2.20. The first-order chi connectivity index (χ1) is 8.13. The van der Waals surface area contributed by atoms with Crippen molar-refractivity contribution in [2.75, 3.05) is 0 Å². The maximum absolute atomic E-state index is 12.1. The van der Waals surface area contributed by atoms with Crippen LogP contribution in [0.15, 0.2) is 24.5 Å². The smallest absolute Gasteiger partial charge is 0.186 e. The Kier molecular flexibility index (Phi) is 3.13. The number of ketones is 1. The molecule has 0 aliphatic carbocycles. The van der Waals surface area contributed by atoms with Gasteiger partial charge in [0.05, 0.1) is 0 Å². The maximum atomic E-state index is 12.1. The van der Waals surface area contributed by atoms with Crippen LogP contribution in [0.1, 0.15) is 28.7 Å². The lowest BCUT2D eigenvalue weighted by molar-refractivity contribution is 0.0967. The van der Waals surface area contributed by atoms with E-state index in [0.29, 0.717) is 6.54 Å². The van der Waals surface area contributed by atoms with Gasteiger partial charge in [-0.15, -0.1) is 0 Å². The standard InChI is InChI=1S/C13H17N3O/c1-4-16-10(2)8-12(11(16)3)13(17)9-15-7-5-6-14-15/h5-8H,4,9H2,1-3H3. The van der Waals surface area contributed by atoms with Crippen LogP contribution in [0.3, 0.4) is 0 Å². The van der Waals surface area contributed by atoms with Crippen molar-refractivity contribution in [3.05, 3.63) is 41.5 Å². The zero-order valence-electron chi connectivity index (χ0n) is 10.5. The molecule has 2 rings (SSSR count). The molecular formula is C13H17N3O. The van der Waals surface area contributed by atoms with Gasteiger partial charge in [-0.3, -0.25) is 9.48 Å². The maximum Gasteiger partial charge on any atom is 0.186 e. The monoisotopic (exact) mass is 231 g/mol. The van der Waals surface area contributed by atoms with Gasteiger partial charge in [-0.2, -0.15) is 5.10 Å². The van der Waals surface area contributed by atoms with E-state index in [0.717, 1.165) is 23.5 Å². The number of rotatable bonds is 4. The zero-order chi connectivity index (χ0) is 12.4. The van der Waals surface area contributed by atoms with E-state index < -0.39 is 0 Å². The van der Waals surface area contributed by atoms with Gasteiger partial charge in [0.2, 0.25) is 0 Å². The van der Waals surface area contributed by atoms with E-state index in [1.807, 2.05) is 26.0 Å². The molecule has 2 aromatic rings. The first kappa shape index (κ1) is 11.6. The highest BCUT2D eigenvalue weighted by Gasteiger charge is 2.15. The number of carbonyl (C=O) groups excluding carboxylic acids is 1. The summed E-state index contributed by atoms with van der Waals surface area (Å²) in [6.07, 6.45) is 3.49. The molecule has 0 amide bonds.